The summed E-state index contributed by atoms with van der Waals surface area (Å²) in [7, 11) is 1.63. The van der Waals surface area contributed by atoms with Crippen molar-refractivity contribution in [2.75, 3.05) is 12.9 Å². The Morgan fingerprint density at radius 2 is 2.20 bits per heavy atom. The van der Waals surface area contributed by atoms with E-state index in [1.165, 1.54) is 10.9 Å². The van der Waals surface area contributed by atoms with Crippen molar-refractivity contribution in [3.63, 3.8) is 0 Å². The number of hydrogen-bond donors (Lipinski definition) is 1. The molecule has 2 unspecified atom stereocenters. The zero-order chi connectivity index (χ0) is 18.3. The molecule has 6 nitrogen and oxygen atoms in total. The van der Waals surface area contributed by atoms with E-state index >= 15 is 0 Å². The van der Waals surface area contributed by atoms with Crippen LogP contribution in [0.15, 0.2) is 17.2 Å². The Bertz CT molecular complexity index is 831. The number of rotatable bonds is 4. The van der Waals surface area contributed by atoms with Gasteiger partial charge in [0.25, 0.3) is 0 Å². The molecule has 1 aliphatic heterocycles. The molecule has 0 bridgehead atoms. The topological polar surface area (TPSA) is 87.4 Å². The van der Waals surface area contributed by atoms with Crippen LogP contribution in [0.5, 0.6) is 5.88 Å². The largest absolute Gasteiger partial charge is 0.611 e. The predicted molar refractivity (Wildman–Crippen MR) is 94.6 cm³/mol. The highest BCUT2D eigenvalue weighted by Crippen LogP contribution is 2.40. The van der Waals surface area contributed by atoms with Gasteiger partial charge >= 0.3 is 0 Å². The minimum absolute atomic E-state index is 0.130. The van der Waals surface area contributed by atoms with Gasteiger partial charge in [-0.15, -0.1) is 0 Å². The average Bonchev–Trinajstić information content (AvgIpc) is 2.97. The second kappa shape index (κ2) is 6.82. The van der Waals surface area contributed by atoms with E-state index in [-0.39, 0.29) is 23.3 Å². The Morgan fingerprint density at radius 1 is 1.48 bits per heavy atom. The molecule has 1 aromatic carbocycles. The summed E-state index contributed by atoms with van der Waals surface area (Å²) in [5, 5.41) is 14.2. The van der Waals surface area contributed by atoms with Gasteiger partial charge in [0, 0.05) is 36.8 Å². The summed E-state index contributed by atoms with van der Waals surface area (Å²) in [6.45, 7) is 6.03. The molecule has 0 radical (unpaired) electrons. The van der Waals surface area contributed by atoms with Gasteiger partial charge < -0.3 is 14.4 Å². The molecule has 1 N–H and O–H groups in total. The number of ether oxygens (including phenoxy) is 1. The number of benzene rings is 1. The lowest BCUT2D eigenvalue weighted by molar-refractivity contribution is 0.0951. The average molecular weight is 362 g/mol. The van der Waals surface area contributed by atoms with Gasteiger partial charge in [-0.1, -0.05) is 0 Å². The van der Waals surface area contributed by atoms with Crippen LogP contribution in [-0.2, 0) is 22.5 Å². The summed E-state index contributed by atoms with van der Waals surface area (Å²) in [6, 6.07) is 1.76. The quantitative estimate of drug-likeness (QED) is 0.667. The van der Waals surface area contributed by atoms with Crippen LogP contribution in [0.25, 0.3) is 0 Å². The molecule has 1 aliphatic rings. The van der Waals surface area contributed by atoms with E-state index < -0.39 is 11.2 Å². The van der Waals surface area contributed by atoms with Crippen LogP contribution in [0.3, 0.4) is 0 Å². The van der Waals surface area contributed by atoms with Crippen molar-refractivity contribution < 1.29 is 19.2 Å². The van der Waals surface area contributed by atoms with Crippen LogP contribution in [0.2, 0.25) is 0 Å². The van der Waals surface area contributed by atoms with E-state index in [0.717, 1.165) is 21.6 Å². The number of aryl methyl sites for hydroxylation is 2. The summed E-state index contributed by atoms with van der Waals surface area (Å²) in [5.74, 6) is 0.143. The molecule has 0 amide bonds. The molecule has 134 valence electrons. The second-order valence-corrected chi connectivity index (χ2v) is 7.71. The van der Waals surface area contributed by atoms with Gasteiger partial charge in [0.05, 0.1) is 12.3 Å². The van der Waals surface area contributed by atoms with Crippen molar-refractivity contribution in [3.8, 4) is 5.88 Å². The van der Waals surface area contributed by atoms with Crippen molar-refractivity contribution in [1.82, 2.24) is 9.78 Å². The Morgan fingerprint density at radius 3 is 2.80 bits per heavy atom. The lowest BCUT2D eigenvalue weighted by atomic mass is 9.90. The smallest absolute Gasteiger partial charge is 0.220 e. The summed E-state index contributed by atoms with van der Waals surface area (Å²) >= 11 is -1.08. The molecule has 0 fully saturated rings. The molecule has 2 aromatic rings. The van der Waals surface area contributed by atoms with E-state index in [9.17, 15) is 14.5 Å². The van der Waals surface area contributed by atoms with Crippen LogP contribution in [-0.4, -0.2) is 38.1 Å². The van der Waals surface area contributed by atoms with Gasteiger partial charge in [0.2, 0.25) is 5.88 Å². The van der Waals surface area contributed by atoms with Crippen molar-refractivity contribution >= 4 is 17.0 Å². The Kier molecular flexibility index (Phi) is 4.90. The van der Waals surface area contributed by atoms with Gasteiger partial charge in [-0.25, -0.2) is 4.68 Å². The zero-order valence-electron chi connectivity index (χ0n) is 14.8. The lowest BCUT2D eigenvalue weighted by Gasteiger charge is -2.29. The molecular formula is C18H22N2O4S. The van der Waals surface area contributed by atoms with Crippen molar-refractivity contribution in [2.45, 2.75) is 44.7 Å². The number of methoxy groups -OCH3 is 1. The SMILES string of the molecule is CCn1ncc(C(=O)c2cc(C)c3c(c2C)C(OC)CC[S+]3[O-])c1O. The Balaban J connectivity index is 2.16. The highest BCUT2D eigenvalue weighted by Gasteiger charge is 2.35. The standard InChI is InChI=1S/C18H22N2O4S/c1-5-20-18(22)13(9-19-20)16(21)12-8-10(2)17-15(11(12)3)14(24-4)6-7-25(17)23/h8-9,14,22H,5-7H2,1-4H3. The number of aromatic hydroxyl groups is 1. The summed E-state index contributed by atoms with van der Waals surface area (Å²) in [6.07, 6.45) is 1.88. The second-order valence-electron chi connectivity index (χ2n) is 6.20. The van der Waals surface area contributed by atoms with Crippen LogP contribution < -0.4 is 0 Å². The van der Waals surface area contributed by atoms with E-state index in [0.29, 0.717) is 24.3 Å². The monoisotopic (exact) mass is 362 g/mol. The molecule has 0 spiro atoms. The van der Waals surface area contributed by atoms with E-state index in [2.05, 4.69) is 5.10 Å². The first kappa shape index (κ1) is 18.0. The van der Waals surface area contributed by atoms with E-state index in [4.69, 9.17) is 4.74 Å². The fourth-order valence-electron chi connectivity index (χ4n) is 3.46. The van der Waals surface area contributed by atoms with Crippen LogP contribution in [0.1, 0.15) is 52.1 Å². The molecule has 0 saturated heterocycles. The number of carbonyl (C=O) groups is 1. The minimum Gasteiger partial charge on any atom is -0.611 e. The number of nitrogens with zero attached hydrogens (tertiary/aromatic N) is 2. The van der Waals surface area contributed by atoms with Gasteiger partial charge in [0.15, 0.2) is 10.7 Å². The van der Waals surface area contributed by atoms with Crippen molar-refractivity contribution in [2.24, 2.45) is 0 Å². The van der Waals surface area contributed by atoms with Crippen LogP contribution in [0.4, 0.5) is 0 Å². The normalized spacial score (nSPS) is 19.7. The molecule has 2 atom stereocenters. The highest BCUT2D eigenvalue weighted by molar-refractivity contribution is 7.91. The highest BCUT2D eigenvalue weighted by atomic mass is 32.2. The van der Waals surface area contributed by atoms with Crippen molar-refractivity contribution in [3.05, 3.63) is 40.1 Å². The molecule has 2 heterocycles. The van der Waals surface area contributed by atoms with Gasteiger partial charge in [-0.3, -0.25) is 4.79 Å². The maximum Gasteiger partial charge on any atom is 0.220 e. The third-order valence-corrected chi connectivity index (χ3v) is 6.38. The molecular weight excluding hydrogens is 340 g/mol. The fourth-order valence-corrected chi connectivity index (χ4v) is 5.04. The van der Waals surface area contributed by atoms with Crippen LogP contribution in [0, 0.1) is 13.8 Å². The maximum atomic E-state index is 13.0. The van der Waals surface area contributed by atoms with Gasteiger partial charge in [-0.05, 0) is 43.6 Å². The maximum absolute atomic E-state index is 13.0. The predicted octanol–water partition coefficient (Wildman–Crippen LogP) is 2.66. The van der Waals surface area contributed by atoms with Crippen molar-refractivity contribution in [1.29, 1.82) is 0 Å². The lowest BCUT2D eigenvalue weighted by Crippen LogP contribution is -2.24. The summed E-state index contributed by atoms with van der Waals surface area (Å²) in [4.78, 5) is 13.8. The van der Waals surface area contributed by atoms with Gasteiger partial charge in [0.1, 0.15) is 11.3 Å². The molecule has 3 rings (SSSR count). The van der Waals surface area contributed by atoms with E-state index in [1.807, 2.05) is 20.8 Å². The Labute approximate surface area is 150 Å². The molecule has 7 heteroatoms. The Hall–Kier alpha value is -1.83. The number of carbonyl (C=O) groups excluding carboxylic acids is 1. The zero-order valence-corrected chi connectivity index (χ0v) is 15.6. The van der Waals surface area contributed by atoms with Gasteiger partial charge in [-0.2, -0.15) is 5.10 Å². The number of ketones is 1. The molecule has 0 aliphatic carbocycles. The summed E-state index contributed by atoms with van der Waals surface area (Å²) in [5.41, 5.74) is 3.08. The van der Waals surface area contributed by atoms with Crippen LogP contribution >= 0.6 is 0 Å². The molecule has 1 aromatic heterocycles. The number of hydrogen-bond acceptors (Lipinski definition) is 5. The number of fused-ring (bicyclic) bond motifs is 1. The summed E-state index contributed by atoms with van der Waals surface area (Å²) < 4.78 is 19.4. The first-order valence-corrected chi connectivity index (χ1v) is 9.57. The third-order valence-electron chi connectivity index (χ3n) is 4.77. The van der Waals surface area contributed by atoms with E-state index in [1.54, 1.807) is 13.2 Å². The minimum atomic E-state index is -1.08. The molecule has 25 heavy (non-hydrogen) atoms. The third kappa shape index (κ3) is 2.86. The first-order chi connectivity index (χ1) is 11.9. The number of aromatic nitrogens is 2. The first-order valence-electron chi connectivity index (χ1n) is 8.25. The fraction of sp³-hybridized carbons (Fsp3) is 0.444. The molecule has 0 saturated carbocycles.